The number of carbonyl (C=O) groups is 3. The summed E-state index contributed by atoms with van der Waals surface area (Å²) in [6.45, 7) is -0.371. The van der Waals surface area contributed by atoms with Crippen LogP contribution in [-0.2, 0) is 16.0 Å². The van der Waals surface area contributed by atoms with E-state index in [0.717, 1.165) is 10.5 Å². The molecule has 0 aliphatic carbocycles. The van der Waals surface area contributed by atoms with Crippen molar-refractivity contribution in [1.29, 1.82) is 0 Å². The number of carbonyl (C=O) groups excluding carboxylic acids is 3. The van der Waals surface area contributed by atoms with Crippen molar-refractivity contribution in [3.8, 4) is 11.5 Å². The molecule has 2 N–H and O–H groups in total. The summed E-state index contributed by atoms with van der Waals surface area (Å²) in [5.41, 5.74) is 1.40. The van der Waals surface area contributed by atoms with Crippen LogP contribution in [0.4, 0.5) is 10.5 Å². The average Bonchev–Trinajstić information content (AvgIpc) is 2.96. The highest BCUT2D eigenvalue weighted by Crippen LogP contribution is 2.29. The van der Waals surface area contributed by atoms with Crippen molar-refractivity contribution >= 4 is 23.5 Å². The van der Waals surface area contributed by atoms with Crippen LogP contribution in [0.25, 0.3) is 0 Å². The lowest BCUT2D eigenvalue weighted by atomic mass is 10.1. The summed E-state index contributed by atoms with van der Waals surface area (Å²) >= 11 is 0. The first-order chi connectivity index (χ1) is 13.5. The summed E-state index contributed by atoms with van der Waals surface area (Å²) in [4.78, 5) is 37.9. The Bertz CT molecular complexity index is 885. The largest absolute Gasteiger partial charge is 0.493 e. The maximum atomic E-state index is 12.5. The summed E-state index contributed by atoms with van der Waals surface area (Å²) in [5, 5.41) is 5.28. The lowest BCUT2D eigenvalue weighted by Crippen LogP contribution is -2.38. The van der Waals surface area contributed by atoms with Crippen molar-refractivity contribution < 1.29 is 23.9 Å². The van der Waals surface area contributed by atoms with Gasteiger partial charge in [-0.2, -0.15) is 0 Å². The minimum absolute atomic E-state index is 0.371. The van der Waals surface area contributed by atoms with Crippen LogP contribution in [0.2, 0.25) is 0 Å². The van der Waals surface area contributed by atoms with Gasteiger partial charge in [0.25, 0.3) is 5.91 Å². The second-order valence-electron chi connectivity index (χ2n) is 6.23. The molecule has 1 atom stereocenters. The Labute approximate surface area is 162 Å². The van der Waals surface area contributed by atoms with E-state index in [1.807, 2.05) is 30.3 Å². The fourth-order valence-corrected chi connectivity index (χ4v) is 2.97. The van der Waals surface area contributed by atoms with Gasteiger partial charge in [-0.3, -0.25) is 14.5 Å². The summed E-state index contributed by atoms with van der Waals surface area (Å²) in [6, 6.07) is 13.0. The molecule has 3 rings (SSSR count). The molecule has 146 valence electrons. The van der Waals surface area contributed by atoms with Crippen LogP contribution in [0, 0.1) is 0 Å². The van der Waals surface area contributed by atoms with E-state index < -0.39 is 23.9 Å². The standard InChI is InChI=1S/C20H21N3O5/c1-27-16-9-8-14(11-17(16)28-2)21-18(24)12-23-19(25)15(22-20(23)26)10-13-6-4-3-5-7-13/h3-9,11,15H,10,12H2,1-2H3,(H,21,24)(H,22,26). The van der Waals surface area contributed by atoms with Crippen LogP contribution < -0.4 is 20.1 Å². The van der Waals surface area contributed by atoms with E-state index in [9.17, 15) is 14.4 Å². The number of benzene rings is 2. The molecule has 1 aliphatic heterocycles. The lowest BCUT2D eigenvalue weighted by Gasteiger charge is -2.14. The first-order valence-electron chi connectivity index (χ1n) is 8.69. The first-order valence-corrected chi connectivity index (χ1v) is 8.69. The van der Waals surface area contributed by atoms with Gasteiger partial charge in [0.2, 0.25) is 5.91 Å². The molecular weight excluding hydrogens is 362 g/mol. The van der Waals surface area contributed by atoms with Crippen molar-refractivity contribution in [2.45, 2.75) is 12.5 Å². The maximum Gasteiger partial charge on any atom is 0.325 e. The number of nitrogens with zero attached hydrogens (tertiary/aromatic N) is 1. The Morgan fingerprint density at radius 3 is 2.46 bits per heavy atom. The van der Waals surface area contributed by atoms with Crippen LogP contribution in [0.3, 0.4) is 0 Å². The van der Waals surface area contributed by atoms with Crippen molar-refractivity contribution in [1.82, 2.24) is 10.2 Å². The molecule has 0 bridgehead atoms. The lowest BCUT2D eigenvalue weighted by molar-refractivity contribution is -0.130. The maximum absolute atomic E-state index is 12.5. The third-order valence-corrected chi connectivity index (χ3v) is 4.36. The predicted molar refractivity (Wildman–Crippen MR) is 102 cm³/mol. The molecule has 1 unspecified atom stereocenters. The number of anilines is 1. The SMILES string of the molecule is COc1ccc(NC(=O)CN2C(=O)NC(Cc3ccccc3)C2=O)cc1OC. The predicted octanol–water partition coefficient (Wildman–Crippen LogP) is 1.81. The zero-order chi connectivity index (χ0) is 20.1. The fraction of sp³-hybridized carbons (Fsp3) is 0.250. The van der Waals surface area contributed by atoms with Gasteiger partial charge >= 0.3 is 6.03 Å². The van der Waals surface area contributed by atoms with Gasteiger partial charge in [-0.05, 0) is 17.7 Å². The van der Waals surface area contributed by atoms with E-state index in [-0.39, 0.29) is 6.54 Å². The van der Waals surface area contributed by atoms with Crippen LogP contribution >= 0.6 is 0 Å². The number of imide groups is 1. The van der Waals surface area contributed by atoms with Crippen molar-refractivity contribution in [3.63, 3.8) is 0 Å². The fourth-order valence-electron chi connectivity index (χ4n) is 2.97. The molecule has 0 radical (unpaired) electrons. The van der Waals surface area contributed by atoms with Gasteiger partial charge in [0.15, 0.2) is 11.5 Å². The molecule has 0 saturated carbocycles. The van der Waals surface area contributed by atoms with Gasteiger partial charge in [0.05, 0.1) is 14.2 Å². The number of rotatable bonds is 7. The number of hydrogen-bond acceptors (Lipinski definition) is 5. The van der Waals surface area contributed by atoms with Gasteiger partial charge in [0, 0.05) is 18.2 Å². The van der Waals surface area contributed by atoms with Gasteiger partial charge in [-0.1, -0.05) is 30.3 Å². The molecule has 8 nitrogen and oxygen atoms in total. The van der Waals surface area contributed by atoms with E-state index in [4.69, 9.17) is 9.47 Å². The Kier molecular flexibility index (Phi) is 5.78. The molecule has 1 heterocycles. The molecule has 0 aromatic heterocycles. The van der Waals surface area contributed by atoms with Gasteiger partial charge in [-0.25, -0.2) is 4.79 Å². The minimum atomic E-state index is -0.677. The van der Waals surface area contributed by atoms with E-state index >= 15 is 0 Å². The molecule has 0 spiro atoms. The highest BCUT2D eigenvalue weighted by Gasteiger charge is 2.38. The average molecular weight is 383 g/mol. The van der Waals surface area contributed by atoms with Crippen LogP contribution in [-0.4, -0.2) is 49.6 Å². The molecule has 4 amide bonds. The van der Waals surface area contributed by atoms with Crippen molar-refractivity contribution in [3.05, 3.63) is 54.1 Å². The van der Waals surface area contributed by atoms with Gasteiger partial charge in [-0.15, -0.1) is 0 Å². The van der Waals surface area contributed by atoms with E-state index in [0.29, 0.717) is 23.6 Å². The molecule has 1 aliphatic rings. The Morgan fingerprint density at radius 2 is 1.79 bits per heavy atom. The van der Waals surface area contributed by atoms with Crippen LogP contribution in [0.15, 0.2) is 48.5 Å². The smallest absolute Gasteiger partial charge is 0.325 e. The normalized spacial score (nSPS) is 15.9. The quantitative estimate of drug-likeness (QED) is 0.711. The third kappa shape index (κ3) is 4.22. The molecule has 2 aromatic carbocycles. The van der Waals surface area contributed by atoms with Crippen LogP contribution in [0.1, 0.15) is 5.56 Å². The van der Waals surface area contributed by atoms with E-state index in [1.54, 1.807) is 18.2 Å². The molecule has 1 fully saturated rings. The van der Waals surface area contributed by atoms with Gasteiger partial charge in [0.1, 0.15) is 12.6 Å². The molecule has 28 heavy (non-hydrogen) atoms. The Hall–Kier alpha value is -3.55. The highest BCUT2D eigenvalue weighted by atomic mass is 16.5. The summed E-state index contributed by atoms with van der Waals surface area (Å²) in [6.07, 6.45) is 0.374. The third-order valence-electron chi connectivity index (χ3n) is 4.36. The van der Waals surface area contributed by atoms with Crippen LogP contribution in [0.5, 0.6) is 11.5 Å². The molecule has 1 saturated heterocycles. The summed E-state index contributed by atoms with van der Waals surface area (Å²) < 4.78 is 10.3. The second-order valence-corrected chi connectivity index (χ2v) is 6.23. The highest BCUT2D eigenvalue weighted by molar-refractivity contribution is 6.08. The monoisotopic (exact) mass is 383 g/mol. The van der Waals surface area contributed by atoms with Gasteiger partial charge < -0.3 is 20.1 Å². The molecular formula is C20H21N3O5. The zero-order valence-corrected chi connectivity index (χ0v) is 15.6. The summed E-state index contributed by atoms with van der Waals surface area (Å²) in [5.74, 6) is 0.0731. The topological polar surface area (TPSA) is 97.0 Å². The first kappa shape index (κ1) is 19.2. The number of hydrogen-bond donors (Lipinski definition) is 2. The van der Waals surface area contributed by atoms with E-state index in [1.165, 1.54) is 14.2 Å². The number of ether oxygens (including phenoxy) is 2. The number of nitrogens with one attached hydrogen (secondary N) is 2. The van der Waals surface area contributed by atoms with Crippen molar-refractivity contribution in [2.75, 3.05) is 26.1 Å². The minimum Gasteiger partial charge on any atom is -0.493 e. The second kappa shape index (κ2) is 8.43. The number of amides is 4. The summed E-state index contributed by atoms with van der Waals surface area (Å²) in [7, 11) is 3.00. The molecule has 8 heteroatoms. The number of urea groups is 1. The Morgan fingerprint density at radius 1 is 1.07 bits per heavy atom. The zero-order valence-electron chi connectivity index (χ0n) is 15.6. The van der Waals surface area contributed by atoms with E-state index in [2.05, 4.69) is 10.6 Å². The Balaban J connectivity index is 1.62. The molecule has 2 aromatic rings. The van der Waals surface area contributed by atoms with Crippen molar-refractivity contribution in [2.24, 2.45) is 0 Å². The number of methoxy groups -OCH3 is 2.